The van der Waals surface area contributed by atoms with E-state index in [9.17, 15) is 8.42 Å². The van der Waals surface area contributed by atoms with Crippen LogP contribution in [0.2, 0.25) is 0 Å². The Labute approximate surface area is 182 Å². The van der Waals surface area contributed by atoms with Crippen molar-refractivity contribution in [2.75, 3.05) is 32.9 Å². The van der Waals surface area contributed by atoms with Gasteiger partial charge in [-0.1, -0.05) is 96.8 Å². The van der Waals surface area contributed by atoms with Gasteiger partial charge in [0.2, 0.25) is 0 Å². The fraction of sp³-hybridized carbons (Fsp3) is 1.00. The topological polar surface area (TPSA) is 84.4 Å². The van der Waals surface area contributed by atoms with E-state index < -0.39 is 10.1 Å². The van der Waals surface area contributed by atoms with E-state index in [1.807, 2.05) is 0 Å². The molecule has 0 radical (unpaired) electrons. The normalized spacial score (nSPS) is 12.1. The van der Waals surface area contributed by atoms with E-state index in [1.165, 1.54) is 103 Å². The van der Waals surface area contributed by atoms with Crippen LogP contribution in [0.15, 0.2) is 0 Å². The van der Waals surface area contributed by atoms with Gasteiger partial charge in [0.1, 0.15) is 0 Å². The van der Waals surface area contributed by atoms with E-state index in [0.717, 1.165) is 17.6 Å². The van der Waals surface area contributed by atoms with Gasteiger partial charge in [0.25, 0.3) is 10.1 Å². The summed E-state index contributed by atoms with van der Waals surface area (Å²) < 4.78 is 31.2. The predicted molar refractivity (Wildman–Crippen MR) is 124 cm³/mol. The molecular weight excluding hydrogens is 386 g/mol. The number of unbranched alkanes of at least 4 members (excludes halogenated alkanes) is 15. The van der Waals surface area contributed by atoms with Crippen LogP contribution in [0, 0.1) is 0 Å². The van der Waals surface area contributed by atoms with Crippen molar-refractivity contribution in [1.82, 2.24) is 0 Å². The van der Waals surface area contributed by atoms with Crippen LogP contribution in [0.1, 0.15) is 116 Å². The van der Waals surface area contributed by atoms with Crippen LogP contribution >= 0.6 is 0 Å². The van der Waals surface area contributed by atoms with Gasteiger partial charge in [0.15, 0.2) is 0 Å². The summed E-state index contributed by atoms with van der Waals surface area (Å²) in [6.45, 7) is 4.17. The SMILES string of the molecule is CCCCCCCCCCCCCCCCCC[N+](C)(C)CCCS(=O)(=O)O.[OH-]. The zero-order chi connectivity index (χ0) is 21.1. The Morgan fingerprint density at radius 3 is 1.24 bits per heavy atom. The van der Waals surface area contributed by atoms with Gasteiger partial charge in [0, 0.05) is 6.42 Å². The molecule has 0 amide bonds. The Balaban J connectivity index is 0. The van der Waals surface area contributed by atoms with Gasteiger partial charge in [0.05, 0.1) is 32.9 Å². The highest BCUT2D eigenvalue weighted by atomic mass is 32.2. The molecule has 0 heterocycles. The largest absolute Gasteiger partial charge is 0.870 e. The fourth-order valence-electron chi connectivity index (χ4n) is 3.87. The molecule has 6 heteroatoms. The summed E-state index contributed by atoms with van der Waals surface area (Å²) in [6.07, 6.45) is 22.7. The molecule has 0 bridgehead atoms. The molecule has 0 fully saturated rings. The highest BCUT2D eigenvalue weighted by molar-refractivity contribution is 7.85. The molecule has 0 atom stereocenters. The molecule has 0 saturated carbocycles. The van der Waals surface area contributed by atoms with E-state index >= 15 is 0 Å². The lowest BCUT2D eigenvalue weighted by Crippen LogP contribution is -2.41. The van der Waals surface area contributed by atoms with Crippen LogP contribution in [0.4, 0.5) is 0 Å². The summed E-state index contributed by atoms with van der Waals surface area (Å²) in [4.78, 5) is 0. The number of quaternary nitrogens is 1. The van der Waals surface area contributed by atoms with Gasteiger partial charge in [-0.25, -0.2) is 0 Å². The van der Waals surface area contributed by atoms with E-state index in [-0.39, 0.29) is 11.2 Å². The third-order valence-corrected chi connectivity index (χ3v) is 6.59. The quantitative estimate of drug-likeness (QED) is 0.127. The molecule has 178 valence electrons. The van der Waals surface area contributed by atoms with Crippen molar-refractivity contribution in [3.8, 4) is 0 Å². The van der Waals surface area contributed by atoms with Crippen molar-refractivity contribution in [2.45, 2.75) is 116 Å². The van der Waals surface area contributed by atoms with E-state index in [4.69, 9.17) is 4.55 Å². The van der Waals surface area contributed by atoms with Crippen LogP contribution in [0.25, 0.3) is 0 Å². The van der Waals surface area contributed by atoms with Gasteiger partial charge in [-0.05, 0) is 12.8 Å². The van der Waals surface area contributed by atoms with Crippen molar-refractivity contribution in [3.05, 3.63) is 0 Å². The number of nitrogens with zero attached hydrogens (tertiary/aromatic N) is 1. The average molecular weight is 438 g/mol. The summed E-state index contributed by atoms with van der Waals surface area (Å²) >= 11 is 0. The predicted octanol–water partition coefficient (Wildman–Crippen LogP) is 6.43. The standard InChI is InChI=1S/C23H49NO3S.H2O/c1-4-5-6-7-8-9-10-11-12-13-14-15-16-17-18-19-21-24(2,3)22-20-23-28(25,26)27;/h4-23H2,1-3H3;1H2. The second kappa shape index (κ2) is 19.8. The van der Waals surface area contributed by atoms with Gasteiger partial charge in [-0.3, -0.25) is 4.55 Å². The molecule has 0 aliphatic rings. The maximum Gasteiger partial charge on any atom is 0.265 e. The summed E-state index contributed by atoms with van der Waals surface area (Å²) in [5.41, 5.74) is 0. The van der Waals surface area contributed by atoms with Crippen molar-refractivity contribution in [2.24, 2.45) is 0 Å². The van der Waals surface area contributed by atoms with E-state index in [1.54, 1.807) is 0 Å². The first kappa shape index (κ1) is 31.0. The first-order valence-electron chi connectivity index (χ1n) is 12.0. The molecule has 0 aromatic heterocycles. The second-order valence-electron chi connectivity index (χ2n) is 9.33. The number of rotatable bonds is 21. The molecule has 0 saturated heterocycles. The van der Waals surface area contributed by atoms with E-state index in [0.29, 0.717) is 6.42 Å². The molecule has 0 unspecified atom stereocenters. The zero-order valence-corrected chi connectivity index (χ0v) is 20.5. The Morgan fingerprint density at radius 1 is 0.586 bits per heavy atom. The Morgan fingerprint density at radius 2 is 0.897 bits per heavy atom. The van der Waals surface area contributed by atoms with Gasteiger partial charge in [-0.15, -0.1) is 0 Å². The summed E-state index contributed by atoms with van der Waals surface area (Å²) in [5, 5.41) is 0. The minimum atomic E-state index is -3.81. The second-order valence-corrected chi connectivity index (χ2v) is 10.9. The van der Waals surface area contributed by atoms with Crippen LogP contribution in [0.3, 0.4) is 0 Å². The summed E-state index contributed by atoms with van der Waals surface area (Å²) in [7, 11) is 0.488. The molecular formula is C23H51NO4S. The Bertz CT molecular complexity index is 438. The minimum Gasteiger partial charge on any atom is -0.870 e. The molecule has 0 aliphatic carbocycles. The van der Waals surface area contributed by atoms with E-state index in [2.05, 4.69) is 21.0 Å². The molecule has 0 aromatic carbocycles. The van der Waals surface area contributed by atoms with Gasteiger partial charge < -0.3 is 9.96 Å². The fourth-order valence-corrected chi connectivity index (χ4v) is 4.37. The third kappa shape index (κ3) is 25.8. The maximum atomic E-state index is 10.8. The van der Waals surface area contributed by atoms with Gasteiger partial charge >= 0.3 is 0 Å². The molecule has 0 spiro atoms. The number of hydrogen-bond acceptors (Lipinski definition) is 3. The first-order valence-corrected chi connectivity index (χ1v) is 13.6. The lowest BCUT2D eigenvalue weighted by molar-refractivity contribution is -0.890. The zero-order valence-electron chi connectivity index (χ0n) is 19.7. The van der Waals surface area contributed by atoms with Crippen molar-refractivity contribution in [1.29, 1.82) is 0 Å². The molecule has 2 N–H and O–H groups in total. The van der Waals surface area contributed by atoms with Crippen molar-refractivity contribution in [3.63, 3.8) is 0 Å². The minimum absolute atomic E-state index is 0. The van der Waals surface area contributed by atoms with Gasteiger partial charge in [-0.2, -0.15) is 8.42 Å². The van der Waals surface area contributed by atoms with Crippen molar-refractivity contribution < 1.29 is 22.9 Å². The third-order valence-electron chi connectivity index (χ3n) is 5.78. The number of hydrogen-bond donors (Lipinski definition) is 1. The molecule has 29 heavy (non-hydrogen) atoms. The monoisotopic (exact) mass is 437 g/mol. The van der Waals surface area contributed by atoms with Crippen LogP contribution in [-0.2, 0) is 10.1 Å². The smallest absolute Gasteiger partial charge is 0.265 e. The summed E-state index contributed by atoms with van der Waals surface area (Å²) in [6, 6.07) is 0. The Hall–Kier alpha value is -0.170. The molecule has 0 aliphatic heterocycles. The lowest BCUT2D eigenvalue weighted by Gasteiger charge is -2.29. The molecule has 5 nitrogen and oxygen atoms in total. The molecule has 0 aromatic rings. The van der Waals surface area contributed by atoms with Crippen molar-refractivity contribution >= 4 is 10.1 Å². The summed E-state index contributed by atoms with van der Waals surface area (Å²) in [5.74, 6) is -0.117. The maximum absolute atomic E-state index is 10.8. The van der Waals surface area contributed by atoms with Crippen LogP contribution in [-0.4, -0.2) is 55.9 Å². The lowest BCUT2D eigenvalue weighted by atomic mass is 10.0. The van der Waals surface area contributed by atoms with Crippen LogP contribution in [0.5, 0.6) is 0 Å². The highest BCUT2D eigenvalue weighted by Crippen LogP contribution is 2.14. The molecule has 0 rings (SSSR count). The van der Waals surface area contributed by atoms with Crippen LogP contribution < -0.4 is 0 Å². The first-order chi connectivity index (χ1) is 13.3. The average Bonchev–Trinajstić information content (AvgIpc) is 2.60. The highest BCUT2D eigenvalue weighted by Gasteiger charge is 2.16. The Kier molecular flexibility index (Phi) is 21.2.